The van der Waals surface area contributed by atoms with E-state index < -0.39 is 0 Å². The first-order valence-corrected chi connectivity index (χ1v) is 9.08. The van der Waals surface area contributed by atoms with Crippen molar-refractivity contribution in [1.29, 1.82) is 0 Å². The standard InChI is InChI=1S/C20H28N4O/c1-5-18-17(13-21-24(18)20(2,3)4)19(25)23-12-11-16(14-23)22-15-9-7-6-8-10-15/h6-10,13,16,22H,5,11-12,14H2,1-4H3/t16-/m1/s1. The zero-order valence-corrected chi connectivity index (χ0v) is 15.6. The quantitative estimate of drug-likeness (QED) is 0.926. The van der Waals surface area contributed by atoms with Gasteiger partial charge in [0.2, 0.25) is 0 Å². The maximum absolute atomic E-state index is 13.0. The lowest BCUT2D eigenvalue weighted by atomic mass is 10.1. The van der Waals surface area contributed by atoms with Crippen LogP contribution in [-0.4, -0.2) is 39.7 Å². The van der Waals surface area contributed by atoms with Crippen LogP contribution in [0.1, 0.15) is 50.2 Å². The number of nitrogens with zero attached hydrogens (tertiary/aromatic N) is 3. The van der Waals surface area contributed by atoms with Crippen LogP contribution in [-0.2, 0) is 12.0 Å². The second-order valence-electron chi connectivity index (χ2n) is 7.69. The molecule has 1 fully saturated rings. The lowest BCUT2D eigenvalue weighted by Gasteiger charge is -2.23. The minimum atomic E-state index is -0.119. The van der Waals surface area contributed by atoms with Crippen LogP contribution in [0.4, 0.5) is 5.69 Å². The van der Waals surface area contributed by atoms with Crippen molar-refractivity contribution >= 4 is 11.6 Å². The number of para-hydroxylation sites is 1. The molecule has 2 heterocycles. The number of amides is 1. The van der Waals surface area contributed by atoms with Gasteiger partial charge in [0.15, 0.2) is 0 Å². The highest BCUT2D eigenvalue weighted by Gasteiger charge is 2.30. The van der Waals surface area contributed by atoms with Gasteiger partial charge >= 0.3 is 0 Å². The van der Waals surface area contributed by atoms with E-state index >= 15 is 0 Å². The molecule has 134 valence electrons. The fraction of sp³-hybridized carbons (Fsp3) is 0.500. The van der Waals surface area contributed by atoms with Crippen molar-refractivity contribution in [2.45, 2.75) is 52.1 Å². The summed E-state index contributed by atoms with van der Waals surface area (Å²) in [4.78, 5) is 15.0. The molecule has 2 aromatic rings. The molecule has 0 radical (unpaired) electrons. The van der Waals surface area contributed by atoms with Gasteiger partial charge in [0, 0.05) is 24.8 Å². The Kier molecular flexibility index (Phi) is 4.84. The number of carbonyl (C=O) groups is 1. The Bertz CT molecular complexity index is 730. The van der Waals surface area contributed by atoms with Gasteiger partial charge in [-0.1, -0.05) is 25.1 Å². The van der Waals surface area contributed by atoms with Gasteiger partial charge < -0.3 is 10.2 Å². The second-order valence-corrected chi connectivity index (χ2v) is 7.69. The minimum absolute atomic E-state index is 0.102. The first-order chi connectivity index (χ1) is 11.9. The molecule has 1 aliphatic rings. The number of aromatic nitrogens is 2. The van der Waals surface area contributed by atoms with Crippen LogP contribution in [0, 0.1) is 0 Å². The molecule has 5 heteroatoms. The van der Waals surface area contributed by atoms with Crippen molar-refractivity contribution in [2.75, 3.05) is 18.4 Å². The van der Waals surface area contributed by atoms with Crippen LogP contribution in [0.5, 0.6) is 0 Å². The summed E-state index contributed by atoms with van der Waals surface area (Å²) in [7, 11) is 0. The molecule has 0 aliphatic carbocycles. The normalized spacial score (nSPS) is 17.8. The van der Waals surface area contributed by atoms with Gasteiger partial charge in [0.25, 0.3) is 5.91 Å². The predicted octanol–water partition coefficient (Wildman–Crippen LogP) is 3.53. The summed E-state index contributed by atoms with van der Waals surface area (Å²) >= 11 is 0. The molecule has 3 rings (SSSR count). The van der Waals surface area contributed by atoms with E-state index in [9.17, 15) is 4.79 Å². The summed E-state index contributed by atoms with van der Waals surface area (Å²) in [6, 6.07) is 10.5. The van der Waals surface area contributed by atoms with Gasteiger partial charge in [-0.3, -0.25) is 9.48 Å². The van der Waals surface area contributed by atoms with Gasteiger partial charge in [-0.2, -0.15) is 5.10 Å². The number of rotatable bonds is 4. The third-order valence-electron chi connectivity index (χ3n) is 4.69. The fourth-order valence-electron chi connectivity index (χ4n) is 3.47. The Morgan fingerprint density at radius 3 is 2.64 bits per heavy atom. The third kappa shape index (κ3) is 3.70. The molecule has 1 saturated heterocycles. The number of carbonyl (C=O) groups excluding carboxylic acids is 1. The van der Waals surface area contributed by atoms with Crippen LogP contribution in [0.2, 0.25) is 0 Å². The van der Waals surface area contributed by atoms with E-state index in [1.165, 1.54) is 0 Å². The average molecular weight is 340 g/mol. The Balaban J connectivity index is 1.71. The van der Waals surface area contributed by atoms with Crippen LogP contribution in [0.15, 0.2) is 36.5 Å². The van der Waals surface area contributed by atoms with Gasteiger partial charge in [-0.05, 0) is 45.7 Å². The van der Waals surface area contributed by atoms with Gasteiger partial charge in [0.05, 0.1) is 23.0 Å². The van der Waals surface area contributed by atoms with E-state index in [4.69, 9.17) is 0 Å². The number of likely N-dealkylation sites (tertiary alicyclic amines) is 1. The van der Waals surface area contributed by atoms with Crippen LogP contribution in [0.25, 0.3) is 0 Å². The van der Waals surface area contributed by atoms with Crippen molar-refractivity contribution in [1.82, 2.24) is 14.7 Å². The fourth-order valence-corrected chi connectivity index (χ4v) is 3.47. The van der Waals surface area contributed by atoms with E-state index in [0.29, 0.717) is 6.04 Å². The summed E-state index contributed by atoms with van der Waals surface area (Å²) in [5, 5.41) is 8.01. The van der Waals surface area contributed by atoms with E-state index in [-0.39, 0.29) is 11.4 Å². The van der Waals surface area contributed by atoms with Crippen LogP contribution in [0.3, 0.4) is 0 Å². The monoisotopic (exact) mass is 340 g/mol. The maximum Gasteiger partial charge on any atom is 0.257 e. The highest BCUT2D eigenvalue weighted by molar-refractivity contribution is 5.95. The summed E-state index contributed by atoms with van der Waals surface area (Å²) in [6.45, 7) is 9.94. The molecule has 0 spiro atoms. The van der Waals surface area contributed by atoms with Crippen molar-refractivity contribution in [2.24, 2.45) is 0 Å². The molecule has 1 N–H and O–H groups in total. The molecule has 5 nitrogen and oxygen atoms in total. The summed E-state index contributed by atoms with van der Waals surface area (Å²) in [6.07, 6.45) is 3.51. The number of nitrogens with one attached hydrogen (secondary N) is 1. The highest BCUT2D eigenvalue weighted by atomic mass is 16.2. The Labute approximate surface area is 150 Å². The molecule has 1 aromatic heterocycles. The summed E-state index contributed by atoms with van der Waals surface area (Å²) < 4.78 is 1.98. The van der Waals surface area contributed by atoms with Crippen LogP contribution >= 0.6 is 0 Å². The third-order valence-corrected chi connectivity index (χ3v) is 4.69. The molecule has 0 bridgehead atoms. The first kappa shape index (κ1) is 17.5. The number of hydrogen-bond donors (Lipinski definition) is 1. The number of benzene rings is 1. The van der Waals surface area contributed by atoms with Crippen LogP contribution < -0.4 is 5.32 Å². The molecule has 1 atom stereocenters. The van der Waals surface area contributed by atoms with Gasteiger partial charge in [0.1, 0.15) is 0 Å². The zero-order chi connectivity index (χ0) is 18.0. The van der Waals surface area contributed by atoms with E-state index in [1.54, 1.807) is 6.20 Å². The summed E-state index contributed by atoms with van der Waals surface area (Å²) in [5.41, 5.74) is 2.76. The minimum Gasteiger partial charge on any atom is -0.380 e. The summed E-state index contributed by atoms with van der Waals surface area (Å²) in [5.74, 6) is 0.102. The first-order valence-electron chi connectivity index (χ1n) is 9.08. The Hall–Kier alpha value is -2.30. The maximum atomic E-state index is 13.0. The zero-order valence-electron chi connectivity index (χ0n) is 15.6. The topological polar surface area (TPSA) is 50.2 Å². The largest absolute Gasteiger partial charge is 0.380 e. The smallest absolute Gasteiger partial charge is 0.257 e. The Morgan fingerprint density at radius 2 is 2.00 bits per heavy atom. The van der Waals surface area contributed by atoms with E-state index in [1.807, 2.05) is 27.8 Å². The molecule has 1 aromatic carbocycles. The lowest BCUT2D eigenvalue weighted by Crippen LogP contribution is -2.32. The van der Waals surface area contributed by atoms with E-state index in [2.05, 4.69) is 50.2 Å². The lowest BCUT2D eigenvalue weighted by molar-refractivity contribution is 0.0790. The average Bonchev–Trinajstić information content (AvgIpc) is 3.21. The molecule has 0 saturated carbocycles. The predicted molar refractivity (Wildman–Crippen MR) is 101 cm³/mol. The van der Waals surface area contributed by atoms with Gasteiger partial charge in [-0.25, -0.2) is 0 Å². The molecule has 1 aliphatic heterocycles. The number of hydrogen-bond acceptors (Lipinski definition) is 3. The van der Waals surface area contributed by atoms with Crippen molar-refractivity contribution in [3.05, 3.63) is 47.8 Å². The van der Waals surface area contributed by atoms with E-state index in [0.717, 1.165) is 42.9 Å². The molecular formula is C20H28N4O. The highest BCUT2D eigenvalue weighted by Crippen LogP contribution is 2.23. The van der Waals surface area contributed by atoms with Gasteiger partial charge in [-0.15, -0.1) is 0 Å². The molecule has 1 amide bonds. The van der Waals surface area contributed by atoms with Crippen molar-refractivity contribution < 1.29 is 4.79 Å². The van der Waals surface area contributed by atoms with Crippen molar-refractivity contribution in [3.63, 3.8) is 0 Å². The number of anilines is 1. The second kappa shape index (κ2) is 6.90. The molecule has 0 unspecified atom stereocenters. The molecule has 25 heavy (non-hydrogen) atoms. The SMILES string of the molecule is CCc1c(C(=O)N2CC[C@@H](Nc3ccccc3)C2)cnn1C(C)(C)C. The van der Waals surface area contributed by atoms with Crippen molar-refractivity contribution in [3.8, 4) is 0 Å². The Morgan fingerprint density at radius 1 is 1.28 bits per heavy atom. The molecular weight excluding hydrogens is 312 g/mol.